The third-order valence-corrected chi connectivity index (χ3v) is 5.36. The van der Waals surface area contributed by atoms with Gasteiger partial charge in [-0.1, -0.05) is 18.9 Å². The molecule has 0 aromatic carbocycles. The molecule has 3 aromatic rings. The van der Waals surface area contributed by atoms with E-state index in [1.807, 2.05) is 25.5 Å². The van der Waals surface area contributed by atoms with Crippen LogP contribution in [-0.2, 0) is 6.42 Å². The quantitative estimate of drug-likeness (QED) is 0.753. The lowest BCUT2D eigenvalue weighted by molar-refractivity contribution is 0.0954. The number of nitrogens with one attached hydrogen (secondary N) is 1. The highest BCUT2D eigenvalue weighted by Gasteiger charge is 2.20. The molecule has 0 atom stereocenters. The van der Waals surface area contributed by atoms with Gasteiger partial charge in [0.15, 0.2) is 5.65 Å². The largest absolute Gasteiger partial charge is 0.352 e. The number of carbonyl (C=O) groups is 1. The first-order valence-electron chi connectivity index (χ1n) is 9.65. The van der Waals surface area contributed by atoms with E-state index < -0.39 is 0 Å². The lowest BCUT2D eigenvalue weighted by Gasteiger charge is -2.11. The Balaban J connectivity index is 1.41. The summed E-state index contributed by atoms with van der Waals surface area (Å²) >= 11 is 0. The molecule has 0 radical (unpaired) electrons. The molecule has 1 fully saturated rings. The summed E-state index contributed by atoms with van der Waals surface area (Å²) in [5.74, 6) is -0.121. The number of pyridine rings is 2. The van der Waals surface area contributed by atoms with Gasteiger partial charge in [-0.05, 0) is 43.9 Å². The third-order valence-electron chi connectivity index (χ3n) is 5.36. The van der Waals surface area contributed by atoms with Crippen molar-refractivity contribution in [3.63, 3.8) is 0 Å². The first kappa shape index (κ1) is 17.6. The van der Waals surface area contributed by atoms with Gasteiger partial charge in [0.25, 0.3) is 5.91 Å². The van der Waals surface area contributed by atoms with Crippen molar-refractivity contribution in [2.24, 2.45) is 0 Å². The number of aryl methyl sites for hydroxylation is 2. The fraction of sp³-hybridized carbons (Fsp3) is 0.429. The van der Waals surface area contributed by atoms with Gasteiger partial charge in [-0.15, -0.1) is 0 Å². The summed E-state index contributed by atoms with van der Waals surface area (Å²) in [6.07, 6.45) is 11.0. The Morgan fingerprint density at radius 2 is 1.96 bits per heavy atom. The number of fused-ring (bicyclic) bond motifs is 1. The molecule has 3 aromatic heterocycles. The number of rotatable bonds is 5. The second-order valence-electron chi connectivity index (χ2n) is 7.44. The van der Waals surface area contributed by atoms with Crippen LogP contribution in [0.2, 0.25) is 0 Å². The molecule has 1 saturated carbocycles. The predicted molar refractivity (Wildman–Crippen MR) is 105 cm³/mol. The summed E-state index contributed by atoms with van der Waals surface area (Å²) in [5.41, 5.74) is 5.53. The van der Waals surface area contributed by atoms with Crippen molar-refractivity contribution < 1.29 is 4.79 Å². The molecule has 1 aliphatic carbocycles. The average Bonchev–Trinajstić information content (AvgIpc) is 3.31. The summed E-state index contributed by atoms with van der Waals surface area (Å²) in [5, 5.41) is 2.96. The van der Waals surface area contributed by atoms with Crippen LogP contribution in [0.15, 0.2) is 30.9 Å². The Morgan fingerprint density at radius 1 is 1.15 bits per heavy atom. The number of nitrogens with zero attached hydrogens (tertiary/aromatic N) is 4. The van der Waals surface area contributed by atoms with Gasteiger partial charge in [0, 0.05) is 37.1 Å². The van der Waals surface area contributed by atoms with E-state index in [-0.39, 0.29) is 5.91 Å². The standard InChI is InChI=1S/C21H25N5O/c1-14-9-15(2)18(23-11-14)7-8-22-21(27)16-10-19-20(24-12-16)26(13-25-19)17-5-3-4-6-17/h9-13,17H,3-8H2,1-2H3,(H,22,27). The lowest BCUT2D eigenvalue weighted by Crippen LogP contribution is -2.26. The van der Waals surface area contributed by atoms with Crippen LogP contribution < -0.4 is 5.32 Å². The smallest absolute Gasteiger partial charge is 0.252 e. The van der Waals surface area contributed by atoms with Crippen molar-refractivity contribution in [1.82, 2.24) is 24.8 Å². The zero-order chi connectivity index (χ0) is 18.8. The molecule has 0 spiro atoms. The van der Waals surface area contributed by atoms with E-state index in [9.17, 15) is 4.79 Å². The Labute approximate surface area is 159 Å². The van der Waals surface area contributed by atoms with Crippen LogP contribution in [0, 0.1) is 13.8 Å². The van der Waals surface area contributed by atoms with Crippen molar-refractivity contribution >= 4 is 17.1 Å². The van der Waals surface area contributed by atoms with Crippen LogP contribution in [0.1, 0.15) is 58.9 Å². The zero-order valence-corrected chi connectivity index (χ0v) is 15.9. The monoisotopic (exact) mass is 363 g/mol. The minimum absolute atomic E-state index is 0.121. The Morgan fingerprint density at radius 3 is 2.74 bits per heavy atom. The van der Waals surface area contributed by atoms with Gasteiger partial charge in [0.2, 0.25) is 0 Å². The normalized spacial score (nSPS) is 14.7. The number of amides is 1. The van der Waals surface area contributed by atoms with Crippen LogP contribution in [0.4, 0.5) is 0 Å². The highest BCUT2D eigenvalue weighted by molar-refractivity contribution is 5.96. The van der Waals surface area contributed by atoms with Gasteiger partial charge >= 0.3 is 0 Å². The maximum atomic E-state index is 12.5. The van der Waals surface area contributed by atoms with Crippen molar-refractivity contribution in [3.05, 3.63) is 53.2 Å². The van der Waals surface area contributed by atoms with E-state index in [4.69, 9.17) is 0 Å². The summed E-state index contributed by atoms with van der Waals surface area (Å²) < 4.78 is 2.16. The molecule has 0 aliphatic heterocycles. The highest BCUT2D eigenvalue weighted by atomic mass is 16.1. The van der Waals surface area contributed by atoms with Gasteiger partial charge < -0.3 is 9.88 Å². The number of carbonyl (C=O) groups excluding carboxylic acids is 1. The predicted octanol–water partition coefficient (Wildman–Crippen LogP) is 3.53. The van der Waals surface area contributed by atoms with E-state index in [0.717, 1.165) is 28.0 Å². The Bertz CT molecular complexity index is 972. The van der Waals surface area contributed by atoms with Crippen LogP contribution in [0.3, 0.4) is 0 Å². The number of hydrogen-bond acceptors (Lipinski definition) is 4. The number of hydrogen-bond donors (Lipinski definition) is 1. The average molecular weight is 363 g/mol. The first-order chi connectivity index (χ1) is 13.1. The van der Waals surface area contributed by atoms with Gasteiger partial charge in [-0.25, -0.2) is 9.97 Å². The molecule has 0 saturated heterocycles. The zero-order valence-electron chi connectivity index (χ0n) is 15.9. The molecular weight excluding hydrogens is 338 g/mol. The molecule has 4 rings (SSSR count). The SMILES string of the molecule is Cc1cnc(CCNC(=O)c2cnc3c(c2)ncn3C2CCCC2)c(C)c1. The molecule has 27 heavy (non-hydrogen) atoms. The summed E-state index contributed by atoms with van der Waals surface area (Å²) in [6, 6.07) is 4.44. The molecule has 1 amide bonds. The molecule has 3 heterocycles. The topological polar surface area (TPSA) is 72.7 Å². The van der Waals surface area contributed by atoms with Gasteiger partial charge in [0.1, 0.15) is 5.52 Å². The van der Waals surface area contributed by atoms with Crippen molar-refractivity contribution in [2.45, 2.75) is 52.0 Å². The van der Waals surface area contributed by atoms with E-state index in [1.54, 1.807) is 6.20 Å². The van der Waals surface area contributed by atoms with Crippen molar-refractivity contribution in [1.29, 1.82) is 0 Å². The highest BCUT2D eigenvalue weighted by Crippen LogP contribution is 2.31. The minimum atomic E-state index is -0.121. The van der Waals surface area contributed by atoms with E-state index in [2.05, 4.69) is 37.8 Å². The molecule has 6 heteroatoms. The maximum Gasteiger partial charge on any atom is 0.252 e. The van der Waals surface area contributed by atoms with Gasteiger partial charge in [0.05, 0.1) is 11.9 Å². The second-order valence-corrected chi connectivity index (χ2v) is 7.44. The van der Waals surface area contributed by atoms with Gasteiger partial charge in [-0.3, -0.25) is 9.78 Å². The van der Waals surface area contributed by atoms with E-state index in [0.29, 0.717) is 24.6 Å². The molecule has 0 bridgehead atoms. The minimum Gasteiger partial charge on any atom is -0.352 e. The van der Waals surface area contributed by atoms with Crippen molar-refractivity contribution in [3.8, 4) is 0 Å². The van der Waals surface area contributed by atoms with Gasteiger partial charge in [-0.2, -0.15) is 0 Å². The second kappa shape index (κ2) is 7.47. The van der Waals surface area contributed by atoms with Crippen LogP contribution >= 0.6 is 0 Å². The van der Waals surface area contributed by atoms with Crippen molar-refractivity contribution in [2.75, 3.05) is 6.54 Å². The molecular formula is C21H25N5O. The Hall–Kier alpha value is -2.76. The maximum absolute atomic E-state index is 12.5. The fourth-order valence-electron chi connectivity index (χ4n) is 3.89. The van der Waals surface area contributed by atoms with Crippen LogP contribution in [0.25, 0.3) is 11.2 Å². The number of imidazole rings is 1. The van der Waals surface area contributed by atoms with Crippen LogP contribution in [-0.4, -0.2) is 32.0 Å². The lowest BCUT2D eigenvalue weighted by atomic mass is 10.1. The number of aromatic nitrogens is 4. The van der Waals surface area contributed by atoms with E-state index in [1.165, 1.54) is 25.7 Å². The summed E-state index contributed by atoms with van der Waals surface area (Å²) in [7, 11) is 0. The Kier molecular flexibility index (Phi) is 4.88. The fourth-order valence-corrected chi connectivity index (χ4v) is 3.89. The molecule has 6 nitrogen and oxygen atoms in total. The summed E-state index contributed by atoms with van der Waals surface area (Å²) in [6.45, 7) is 4.63. The molecule has 0 unspecified atom stereocenters. The summed E-state index contributed by atoms with van der Waals surface area (Å²) in [4.78, 5) is 25.9. The molecule has 1 N–H and O–H groups in total. The van der Waals surface area contributed by atoms with E-state index >= 15 is 0 Å². The first-order valence-corrected chi connectivity index (χ1v) is 9.65. The molecule has 1 aliphatic rings. The van der Waals surface area contributed by atoms with Crippen LogP contribution in [0.5, 0.6) is 0 Å². The third kappa shape index (κ3) is 3.70. The molecule has 140 valence electrons.